The van der Waals surface area contributed by atoms with Crippen LogP contribution in [0.2, 0.25) is 0 Å². The van der Waals surface area contributed by atoms with Gasteiger partial charge in [-0.25, -0.2) is 4.98 Å². The molecule has 1 aromatic heterocycles. The molecule has 0 saturated carbocycles. The second kappa shape index (κ2) is 9.84. The Kier molecular flexibility index (Phi) is 7.22. The highest BCUT2D eigenvalue weighted by Crippen LogP contribution is 2.19. The number of pyridine rings is 1. The average molecular weight is 390 g/mol. The fourth-order valence-electron chi connectivity index (χ4n) is 3.78. The van der Waals surface area contributed by atoms with E-state index in [2.05, 4.69) is 20.5 Å². The van der Waals surface area contributed by atoms with Gasteiger partial charge in [0, 0.05) is 52.0 Å². The van der Waals surface area contributed by atoms with Gasteiger partial charge in [-0.05, 0) is 25.0 Å². The zero-order valence-electron chi connectivity index (χ0n) is 16.8. The summed E-state index contributed by atoms with van der Waals surface area (Å²) in [5.74, 6) is 0.539. The van der Waals surface area contributed by atoms with Gasteiger partial charge in [0.25, 0.3) is 5.91 Å². The molecule has 2 aliphatic rings. The molecule has 3 heterocycles. The van der Waals surface area contributed by atoms with Crippen molar-refractivity contribution in [1.29, 1.82) is 0 Å². The number of amides is 2. The number of nitrogens with one attached hydrogen (secondary N) is 2. The molecular formula is C20H31N5O3. The van der Waals surface area contributed by atoms with Gasteiger partial charge >= 0.3 is 0 Å². The van der Waals surface area contributed by atoms with E-state index in [1.807, 2.05) is 11.8 Å². The number of rotatable bonds is 6. The van der Waals surface area contributed by atoms with E-state index in [0.717, 1.165) is 52.2 Å². The topological polar surface area (TPSA) is 86.8 Å². The second-order valence-corrected chi connectivity index (χ2v) is 7.50. The first-order valence-electron chi connectivity index (χ1n) is 10.1. The van der Waals surface area contributed by atoms with E-state index in [1.165, 1.54) is 0 Å². The largest absolute Gasteiger partial charge is 0.379 e. The predicted molar refractivity (Wildman–Crippen MR) is 107 cm³/mol. The number of nitrogens with zero attached hydrogens (tertiary/aromatic N) is 3. The number of ether oxygens (including phenoxy) is 1. The Morgan fingerprint density at radius 3 is 2.54 bits per heavy atom. The highest BCUT2D eigenvalue weighted by molar-refractivity contribution is 5.94. The number of hydrogen-bond acceptors (Lipinski definition) is 6. The number of anilines is 1. The van der Waals surface area contributed by atoms with E-state index in [4.69, 9.17) is 4.74 Å². The Morgan fingerprint density at radius 2 is 1.93 bits per heavy atom. The molecule has 2 N–H and O–H groups in total. The van der Waals surface area contributed by atoms with Gasteiger partial charge < -0.3 is 20.3 Å². The fraction of sp³-hybridized carbons (Fsp3) is 0.650. The molecule has 0 aliphatic carbocycles. The third-order valence-electron chi connectivity index (χ3n) is 5.61. The first kappa shape index (κ1) is 20.5. The standard InChI is InChI=1S/C20H31N5O3/c1-15(19(26)21-2)13-22-18-4-3-16(14-23-18)20(27)25-7-5-17(6-8-25)24-9-11-28-12-10-24/h3-4,14-15,17H,5-13H2,1-2H3,(H,21,26)(H,22,23)/t15-/m0/s1. The van der Waals surface area contributed by atoms with Crippen LogP contribution in [0.15, 0.2) is 18.3 Å². The molecule has 1 aromatic rings. The lowest BCUT2D eigenvalue weighted by Gasteiger charge is -2.40. The lowest BCUT2D eigenvalue weighted by Crippen LogP contribution is -2.50. The van der Waals surface area contributed by atoms with Crippen LogP contribution in [0.3, 0.4) is 0 Å². The monoisotopic (exact) mass is 389 g/mol. The van der Waals surface area contributed by atoms with Crippen molar-refractivity contribution in [1.82, 2.24) is 20.1 Å². The normalized spacial score (nSPS) is 19.9. The molecule has 2 fully saturated rings. The highest BCUT2D eigenvalue weighted by Gasteiger charge is 2.28. The van der Waals surface area contributed by atoms with Crippen LogP contribution in [-0.2, 0) is 9.53 Å². The molecule has 2 amide bonds. The third kappa shape index (κ3) is 5.20. The number of morpholine rings is 1. The lowest BCUT2D eigenvalue weighted by atomic mass is 10.0. The number of aromatic nitrogens is 1. The van der Waals surface area contributed by atoms with Crippen LogP contribution < -0.4 is 10.6 Å². The molecule has 3 rings (SSSR count). The lowest BCUT2D eigenvalue weighted by molar-refractivity contribution is -0.123. The maximum Gasteiger partial charge on any atom is 0.255 e. The van der Waals surface area contributed by atoms with Crippen molar-refractivity contribution >= 4 is 17.6 Å². The summed E-state index contributed by atoms with van der Waals surface area (Å²) in [5.41, 5.74) is 0.606. The molecular weight excluding hydrogens is 358 g/mol. The minimum absolute atomic E-state index is 0.0141. The van der Waals surface area contributed by atoms with E-state index in [-0.39, 0.29) is 17.7 Å². The van der Waals surface area contributed by atoms with Crippen molar-refractivity contribution in [2.75, 3.05) is 58.3 Å². The Bertz CT molecular complexity index is 652. The molecule has 1 atom stereocenters. The molecule has 8 nitrogen and oxygen atoms in total. The van der Waals surface area contributed by atoms with Gasteiger partial charge in [-0.2, -0.15) is 0 Å². The molecule has 8 heteroatoms. The number of hydrogen-bond donors (Lipinski definition) is 2. The van der Waals surface area contributed by atoms with Crippen LogP contribution in [0.4, 0.5) is 5.82 Å². The van der Waals surface area contributed by atoms with Gasteiger partial charge in [0.2, 0.25) is 5.91 Å². The van der Waals surface area contributed by atoms with Crippen LogP contribution >= 0.6 is 0 Å². The Morgan fingerprint density at radius 1 is 1.21 bits per heavy atom. The van der Waals surface area contributed by atoms with E-state index in [9.17, 15) is 9.59 Å². The first-order valence-corrected chi connectivity index (χ1v) is 10.1. The minimum atomic E-state index is -0.152. The van der Waals surface area contributed by atoms with Gasteiger partial charge in [-0.1, -0.05) is 6.92 Å². The van der Waals surface area contributed by atoms with Crippen LogP contribution in [0.1, 0.15) is 30.1 Å². The summed E-state index contributed by atoms with van der Waals surface area (Å²) < 4.78 is 5.43. The summed E-state index contributed by atoms with van der Waals surface area (Å²) in [7, 11) is 1.63. The quantitative estimate of drug-likeness (QED) is 0.749. The highest BCUT2D eigenvalue weighted by atomic mass is 16.5. The van der Waals surface area contributed by atoms with Crippen molar-refractivity contribution in [2.45, 2.75) is 25.8 Å². The summed E-state index contributed by atoms with van der Waals surface area (Å²) in [5, 5.41) is 5.76. The fourth-order valence-corrected chi connectivity index (χ4v) is 3.78. The van der Waals surface area contributed by atoms with Gasteiger partial charge in [-0.15, -0.1) is 0 Å². The summed E-state index contributed by atoms with van der Waals surface area (Å²) >= 11 is 0. The molecule has 0 spiro atoms. The minimum Gasteiger partial charge on any atom is -0.379 e. The van der Waals surface area contributed by atoms with Gasteiger partial charge in [0.15, 0.2) is 0 Å². The predicted octanol–water partition coefficient (Wildman–Crippen LogP) is 0.812. The average Bonchev–Trinajstić information content (AvgIpc) is 2.77. The zero-order chi connectivity index (χ0) is 19.9. The Hall–Kier alpha value is -2.19. The van der Waals surface area contributed by atoms with E-state index >= 15 is 0 Å². The summed E-state index contributed by atoms with van der Waals surface area (Å²) in [6.45, 7) is 7.53. The molecule has 0 radical (unpaired) electrons. The number of likely N-dealkylation sites (tertiary alicyclic amines) is 1. The molecule has 28 heavy (non-hydrogen) atoms. The second-order valence-electron chi connectivity index (χ2n) is 7.50. The number of piperidine rings is 1. The van der Waals surface area contributed by atoms with Crippen molar-refractivity contribution in [2.24, 2.45) is 5.92 Å². The molecule has 2 saturated heterocycles. The van der Waals surface area contributed by atoms with Crippen molar-refractivity contribution in [3.8, 4) is 0 Å². The molecule has 2 aliphatic heterocycles. The van der Waals surface area contributed by atoms with Crippen LogP contribution in [0.5, 0.6) is 0 Å². The van der Waals surface area contributed by atoms with E-state index in [1.54, 1.807) is 25.4 Å². The van der Waals surface area contributed by atoms with Crippen molar-refractivity contribution < 1.29 is 14.3 Å². The molecule has 0 bridgehead atoms. The third-order valence-corrected chi connectivity index (χ3v) is 5.61. The van der Waals surface area contributed by atoms with Crippen LogP contribution in [0, 0.1) is 5.92 Å². The summed E-state index contributed by atoms with van der Waals surface area (Å²) in [6, 6.07) is 4.15. The van der Waals surface area contributed by atoms with Gasteiger partial charge in [0.1, 0.15) is 5.82 Å². The van der Waals surface area contributed by atoms with Crippen LogP contribution in [-0.4, -0.2) is 85.6 Å². The van der Waals surface area contributed by atoms with E-state index < -0.39 is 0 Å². The number of carbonyl (C=O) groups is 2. The Balaban J connectivity index is 1.47. The maximum absolute atomic E-state index is 12.8. The van der Waals surface area contributed by atoms with Gasteiger partial charge in [-0.3, -0.25) is 14.5 Å². The van der Waals surface area contributed by atoms with Crippen LogP contribution in [0.25, 0.3) is 0 Å². The van der Waals surface area contributed by atoms with Crippen molar-refractivity contribution in [3.63, 3.8) is 0 Å². The number of carbonyl (C=O) groups excluding carboxylic acids is 2. The van der Waals surface area contributed by atoms with E-state index in [0.29, 0.717) is 24.0 Å². The molecule has 0 aromatic carbocycles. The summed E-state index contributed by atoms with van der Waals surface area (Å²) in [4.78, 5) is 33.1. The maximum atomic E-state index is 12.8. The Labute approximate surface area is 166 Å². The SMILES string of the molecule is CNC(=O)[C@@H](C)CNc1ccc(C(=O)N2CCC(N3CCOCC3)CC2)cn1. The van der Waals surface area contributed by atoms with Gasteiger partial charge in [0.05, 0.1) is 24.7 Å². The smallest absolute Gasteiger partial charge is 0.255 e. The first-order chi connectivity index (χ1) is 13.6. The molecule has 0 unspecified atom stereocenters. The summed E-state index contributed by atoms with van der Waals surface area (Å²) in [6.07, 6.45) is 3.63. The zero-order valence-corrected chi connectivity index (χ0v) is 16.8. The molecule has 154 valence electrons. The van der Waals surface area contributed by atoms with Crippen molar-refractivity contribution in [3.05, 3.63) is 23.9 Å².